The zero-order chi connectivity index (χ0) is 17.9. The lowest BCUT2D eigenvalue weighted by Crippen LogP contribution is -2.00. The molecular formula is C24H30. The minimum Gasteiger partial charge on any atom is -0.0870 e. The first kappa shape index (κ1) is 19.7. The molecule has 126 valence electrons. The van der Waals surface area contributed by atoms with Crippen LogP contribution in [0.2, 0.25) is 0 Å². The minimum absolute atomic E-state index is 1.27. The summed E-state index contributed by atoms with van der Waals surface area (Å²) in [6.07, 6.45) is 26.0. The quantitative estimate of drug-likeness (QED) is 0.500. The van der Waals surface area contributed by atoms with E-state index in [0.29, 0.717) is 0 Å². The zero-order valence-corrected chi connectivity index (χ0v) is 15.9. The molecule has 0 aliphatic heterocycles. The lowest BCUT2D eigenvalue weighted by atomic mass is 9.85. The Hall–Kier alpha value is -2.34. The summed E-state index contributed by atoms with van der Waals surface area (Å²) >= 11 is 0. The van der Waals surface area contributed by atoms with Crippen molar-refractivity contribution < 1.29 is 0 Å². The molecule has 0 saturated carbocycles. The van der Waals surface area contributed by atoms with Gasteiger partial charge in [-0.25, -0.2) is 0 Å². The van der Waals surface area contributed by atoms with Gasteiger partial charge in [-0.05, 0) is 74.9 Å². The molecule has 0 spiro atoms. The summed E-state index contributed by atoms with van der Waals surface area (Å²) in [5.74, 6) is 0. The van der Waals surface area contributed by atoms with Crippen LogP contribution in [0.4, 0.5) is 0 Å². The zero-order valence-electron chi connectivity index (χ0n) is 15.9. The molecule has 0 aromatic heterocycles. The van der Waals surface area contributed by atoms with Crippen LogP contribution in [0.25, 0.3) is 36.5 Å². The Morgan fingerprint density at radius 1 is 0.292 bits per heavy atom. The van der Waals surface area contributed by atoms with Crippen LogP contribution in [0, 0.1) is 0 Å². The highest BCUT2D eigenvalue weighted by Gasteiger charge is 2.16. The summed E-state index contributed by atoms with van der Waals surface area (Å²) in [5.41, 5.74) is 7.60. The molecule has 0 heterocycles. The lowest BCUT2D eigenvalue weighted by molar-refractivity contribution is 1.46. The first-order valence-electron chi connectivity index (χ1n) is 8.70. The molecule has 0 radical (unpaired) electrons. The summed E-state index contributed by atoms with van der Waals surface area (Å²) in [5, 5.41) is 0. The summed E-state index contributed by atoms with van der Waals surface area (Å²) in [6, 6.07) is 0. The van der Waals surface area contributed by atoms with Crippen LogP contribution in [0.1, 0.15) is 74.9 Å². The Kier molecular flexibility index (Phi) is 8.57. The third kappa shape index (κ3) is 4.35. The third-order valence-corrected chi connectivity index (χ3v) is 3.74. The van der Waals surface area contributed by atoms with Gasteiger partial charge < -0.3 is 0 Å². The van der Waals surface area contributed by atoms with Gasteiger partial charge in [0.15, 0.2) is 0 Å². The number of hydrogen-bond donors (Lipinski definition) is 0. The highest BCUT2D eigenvalue weighted by atomic mass is 14.2. The summed E-state index contributed by atoms with van der Waals surface area (Å²) < 4.78 is 0. The van der Waals surface area contributed by atoms with E-state index >= 15 is 0 Å². The topological polar surface area (TPSA) is 0 Å². The molecule has 1 aromatic rings. The first-order valence-corrected chi connectivity index (χ1v) is 8.70. The van der Waals surface area contributed by atoms with Crippen molar-refractivity contribution in [2.75, 3.05) is 0 Å². The van der Waals surface area contributed by atoms with Gasteiger partial charge in [0.25, 0.3) is 0 Å². The van der Waals surface area contributed by atoms with Crippen molar-refractivity contribution in [2.45, 2.75) is 41.5 Å². The smallest absolute Gasteiger partial charge is 0.0102 e. The average Bonchev–Trinajstić information content (AvgIpc) is 2.57. The Bertz CT molecular complexity index is 534. The van der Waals surface area contributed by atoms with Gasteiger partial charge in [0.05, 0.1) is 0 Å². The van der Waals surface area contributed by atoms with E-state index in [1.54, 1.807) is 0 Å². The van der Waals surface area contributed by atoms with Crippen LogP contribution in [0.5, 0.6) is 0 Å². The Morgan fingerprint density at radius 3 is 0.500 bits per heavy atom. The fourth-order valence-electron chi connectivity index (χ4n) is 2.95. The van der Waals surface area contributed by atoms with Gasteiger partial charge in [-0.15, -0.1) is 0 Å². The van der Waals surface area contributed by atoms with Crippen LogP contribution in [-0.2, 0) is 0 Å². The van der Waals surface area contributed by atoms with Crippen molar-refractivity contribution in [1.82, 2.24) is 0 Å². The molecule has 0 atom stereocenters. The van der Waals surface area contributed by atoms with Crippen LogP contribution in [-0.4, -0.2) is 0 Å². The number of benzene rings is 1. The van der Waals surface area contributed by atoms with Crippen LogP contribution < -0.4 is 0 Å². The maximum absolute atomic E-state index is 2.21. The molecule has 0 aliphatic rings. The molecule has 0 nitrogen and oxygen atoms in total. The van der Waals surface area contributed by atoms with E-state index in [-0.39, 0.29) is 0 Å². The number of allylic oxidation sites excluding steroid dienone is 6. The molecule has 24 heavy (non-hydrogen) atoms. The van der Waals surface area contributed by atoms with E-state index in [9.17, 15) is 0 Å². The molecule has 0 fully saturated rings. The Labute approximate surface area is 148 Å². The average molecular weight is 319 g/mol. The van der Waals surface area contributed by atoms with E-state index in [0.717, 1.165) is 0 Å². The van der Waals surface area contributed by atoms with Gasteiger partial charge in [-0.2, -0.15) is 0 Å². The molecule has 0 aliphatic carbocycles. The second kappa shape index (κ2) is 10.4. The van der Waals surface area contributed by atoms with E-state index in [4.69, 9.17) is 0 Å². The molecular weight excluding hydrogens is 288 g/mol. The normalized spacial score (nSPS) is 13.2. The van der Waals surface area contributed by atoms with Crippen LogP contribution in [0.15, 0.2) is 36.5 Å². The number of hydrogen-bond acceptors (Lipinski definition) is 0. The van der Waals surface area contributed by atoms with Crippen molar-refractivity contribution in [3.63, 3.8) is 0 Å². The van der Waals surface area contributed by atoms with Gasteiger partial charge in [0.1, 0.15) is 0 Å². The van der Waals surface area contributed by atoms with Crippen molar-refractivity contribution in [3.05, 3.63) is 69.8 Å². The van der Waals surface area contributed by atoms with E-state index < -0.39 is 0 Å². The summed E-state index contributed by atoms with van der Waals surface area (Å²) in [7, 11) is 0. The highest BCUT2D eigenvalue weighted by molar-refractivity contribution is 5.90. The fourth-order valence-corrected chi connectivity index (χ4v) is 2.95. The van der Waals surface area contributed by atoms with Gasteiger partial charge >= 0.3 is 0 Å². The molecule has 0 bridgehead atoms. The molecule has 0 saturated heterocycles. The van der Waals surface area contributed by atoms with Gasteiger partial charge in [0, 0.05) is 0 Å². The molecule has 0 unspecified atom stereocenters. The molecule has 0 amide bonds. The maximum Gasteiger partial charge on any atom is -0.0102 e. The third-order valence-electron chi connectivity index (χ3n) is 3.74. The second-order valence-corrected chi connectivity index (χ2v) is 5.48. The van der Waals surface area contributed by atoms with E-state index in [1.807, 2.05) is 0 Å². The number of rotatable bonds is 6. The molecule has 1 aromatic carbocycles. The minimum atomic E-state index is 1.27. The molecule has 1 rings (SSSR count). The standard InChI is InChI=1S/C24H30/c1-7-13-19-20(14-8-2)22(16-10-4)24(18-12-6)23(17-11-5)21(19)15-9-3/h7-18H,1-6H3/b13-7+,14-8+,15-9+,16-10+,17-11+,18-12+. The highest BCUT2D eigenvalue weighted by Crippen LogP contribution is 2.34. The van der Waals surface area contributed by atoms with Gasteiger partial charge in [-0.3, -0.25) is 0 Å². The van der Waals surface area contributed by atoms with E-state index in [1.165, 1.54) is 33.4 Å². The van der Waals surface area contributed by atoms with Crippen molar-refractivity contribution in [3.8, 4) is 0 Å². The van der Waals surface area contributed by atoms with Gasteiger partial charge in [-0.1, -0.05) is 72.9 Å². The lowest BCUT2D eigenvalue weighted by Gasteiger charge is -2.19. The summed E-state index contributed by atoms with van der Waals surface area (Å²) in [6.45, 7) is 12.4. The van der Waals surface area contributed by atoms with Crippen LogP contribution >= 0.6 is 0 Å². The first-order chi connectivity index (χ1) is 11.7. The monoisotopic (exact) mass is 318 g/mol. The van der Waals surface area contributed by atoms with Gasteiger partial charge in [0.2, 0.25) is 0 Å². The SMILES string of the molecule is C/C=C/c1c(/C=C/C)c(/C=C/C)c(/C=C/C)c(/C=C/C)c1/C=C/C. The molecule has 0 N–H and O–H groups in total. The van der Waals surface area contributed by atoms with Crippen molar-refractivity contribution in [1.29, 1.82) is 0 Å². The largest absolute Gasteiger partial charge is 0.0870 e. The summed E-state index contributed by atoms with van der Waals surface area (Å²) in [4.78, 5) is 0. The Balaban J connectivity index is 4.20. The van der Waals surface area contributed by atoms with Crippen LogP contribution in [0.3, 0.4) is 0 Å². The van der Waals surface area contributed by atoms with Crippen molar-refractivity contribution in [2.24, 2.45) is 0 Å². The predicted molar refractivity (Wildman–Crippen MR) is 115 cm³/mol. The second-order valence-electron chi connectivity index (χ2n) is 5.48. The fraction of sp³-hybridized carbons (Fsp3) is 0.250. The molecule has 0 heteroatoms. The van der Waals surface area contributed by atoms with E-state index in [2.05, 4.69) is 114 Å². The van der Waals surface area contributed by atoms with Crippen molar-refractivity contribution >= 4 is 36.5 Å². The maximum atomic E-state index is 2.21. The Morgan fingerprint density at radius 2 is 0.417 bits per heavy atom. The predicted octanol–water partition coefficient (Wildman–Crippen LogP) is 7.89.